The first-order valence-corrected chi connectivity index (χ1v) is 4.04. The summed E-state index contributed by atoms with van der Waals surface area (Å²) in [6.07, 6.45) is 0.109. The zero-order valence-corrected chi connectivity index (χ0v) is 8.41. The Morgan fingerprint density at radius 3 is 2.07 bits per heavy atom. The van der Waals surface area contributed by atoms with E-state index < -0.39 is 12.2 Å². The largest absolute Gasteiger partial charge is 0.450 e. The van der Waals surface area contributed by atoms with Crippen LogP contribution < -0.4 is 11.1 Å². The second-order valence-electron chi connectivity index (χ2n) is 1.82. The van der Waals surface area contributed by atoms with E-state index in [-0.39, 0.29) is 0 Å². The third-order valence-electron chi connectivity index (χ3n) is 0.782. The molecule has 0 saturated carbocycles. The lowest BCUT2D eigenvalue weighted by molar-refractivity contribution is 0.156. The number of rotatable bonds is 3. The summed E-state index contributed by atoms with van der Waals surface area (Å²) in [6.45, 7) is 7.45. The van der Waals surface area contributed by atoms with Crippen LogP contribution in [0.2, 0.25) is 0 Å². The Kier molecular flexibility index (Phi) is 11.9. The molecule has 0 fully saturated rings. The molecule has 0 aromatic rings. The van der Waals surface area contributed by atoms with Gasteiger partial charge in [-0.25, -0.2) is 9.59 Å². The fourth-order valence-electron chi connectivity index (χ4n) is 0.398. The van der Waals surface area contributed by atoms with E-state index in [9.17, 15) is 9.59 Å². The number of carbonyl (C=O) groups is 2. The summed E-state index contributed by atoms with van der Waals surface area (Å²) in [5.41, 5.74) is 4.54. The molecule has 6 nitrogen and oxygen atoms in total. The molecule has 0 rings (SSSR count). The van der Waals surface area contributed by atoms with Gasteiger partial charge in [0.2, 0.25) is 0 Å². The smallest absolute Gasteiger partial charge is 0.411 e. The van der Waals surface area contributed by atoms with Crippen molar-refractivity contribution in [3.8, 4) is 0 Å². The lowest BCUT2D eigenvalue weighted by Crippen LogP contribution is -2.17. The van der Waals surface area contributed by atoms with Gasteiger partial charge in [0.1, 0.15) is 0 Å². The monoisotopic (exact) mass is 204 g/mol. The number of nitrogens with one attached hydrogen (secondary N) is 1. The summed E-state index contributed by atoms with van der Waals surface area (Å²) >= 11 is 0. The van der Waals surface area contributed by atoms with E-state index in [4.69, 9.17) is 0 Å². The van der Waals surface area contributed by atoms with E-state index in [2.05, 4.69) is 27.1 Å². The lowest BCUT2D eigenvalue weighted by atomic mass is 10.8. The highest BCUT2D eigenvalue weighted by atomic mass is 16.5. The number of carbonyl (C=O) groups excluding carboxylic acids is 2. The molecule has 0 aromatic heterocycles. The van der Waals surface area contributed by atoms with E-state index in [1.54, 1.807) is 13.8 Å². The minimum atomic E-state index is -0.711. The van der Waals surface area contributed by atoms with Crippen molar-refractivity contribution in [2.75, 3.05) is 13.2 Å². The quantitative estimate of drug-likeness (QED) is 0.716. The molecule has 0 radical (unpaired) electrons. The molecule has 0 aromatic carbocycles. The van der Waals surface area contributed by atoms with E-state index >= 15 is 0 Å². The Bertz CT molecular complexity index is 182. The van der Waals surface area contributed by atoms with Gasteiger partial charge < -0.3 is 15.2 Å². The average molecular weight is 204 g/mol. The van der Waals surface area contributed by atoms with Gasteiger partial charge in [0.05, 0.1) is 13.2 Å². The second kappa shape index (κ2) is 11.3. The molecule has 3 N–H and O–H groups in total. The fourth-order valence-corrected chi connectivity index (χ4v) is 0.398. The average Bonchev–Trinajstić information content (AvgIpc) is 2.05. The summed E-state index contributed by atoms with van der Waals surface area (Å²) in [5.74, 6) is 0. The van der Waals surface area contributed by atoms with Gasteiger partial charge in [-0.1, -0.05) is 6.58 Å². The Morgan fingerprint density at radius 2 is 1.86 bits per heavy atom. The van der Waals surface area contributed by atoms with Crippen LogP contribution in [0.4, 0.5) is 9.59 Å². The molecule has 0 aliphatic heterocycles. The number of hydrogen-bond donors (Lipinski definition) is 2. The van der Waals surface area contributed by atoms with Crippen molar-refractivity contribution in [2.24, 2.45) is 5.73 Å². The summed E-state index contributed by atoms with van der Waals surface area (Å²) in [4.78, 5) is 19.8. The van der Waals surface area contributed by atoms with Crippen molar-refractivity contribution in [3.05, 3.63) is 12.8 Å². The maximum absolute atomic E-state index is 10.2. The summed E-state index contributed by atoms with van der Waals surface area (Å²) in [5, 5.41) is 2.25. The van der Waals surface area contributed by atoms with E-state index in [0.29, 0.717) is 13.2 Å². The molecular weight excluding hydrogens is 188 g/mol. The molecule has 0 bridgehead atoms. The minimum Gasteiger partial charge on any atom is -0.450 e. The highest BCUT2D eigenvalue weighted by Crippen LogP contribution is 1.73. The van der Waals surface area contributed by atoms with Crippen LogP contribution in [-0.2, 0) is 9.47 Å². The maximum atomic E-state index is 10.2. The third-order valence-corrected chi connectivity index (χ3v) is 0.782. The van der Waals surface area contributed by atoms with Crippen molar-refractivity contribution < 1.29 is 19.1 Å². The van der Waals surface area contributed by atoms with Crippen LogP contribution in [0.15, 0.2) is 12.8 Å². The van der Waals surface area contributed by atoms with Gasteiger partial charge in [-0.15, -0.1) is 0 Å². The van der Waals surface area contributed by atoms with Crippen LogP contribution in [0.3, 0.4) is 0 Å². The number of ether oxygens (including phenoxy) is 2. The van der Waals surface area contributed by atoms with Gasteiger partial charge in [0.25, 0.3) is 0 Å². The number of amides is 2. The molecule has 82 valence electrons. The maximum Gasteiger partial charge on any atom is 0.411 e. The number of alkyl carbamates (subject to hydrolysis) is 1. The van der Waals surface area contributed by atoms with Crippen LogP contribution in [0.5, 0.6) is 0 Å². The number of nitrogens with two attached hydrogens (primary N) is 1. The van der Waals surface area contributed by atoms with Crippen LogP contribution in [0.1, 0.15) is 13.8 Å². The second-order valence-corrected chi connectivity index (χ2v) is 1.82. The highest BCUT2D eigenvalue weighted by Gasteiger charge is 1.91. The predicted molar refractivity (Wildman–Crippen MR) is 51.6 cm³/mol. The molecular formula is C8H16N2O4. The minimum absolute atomic E-state index is 0.356. The Morgan fingerprint density at radius 1 is 1.36 bits per heavy atom. The Balaban J connectivity index is 0. The zero-order valence-electron chi connectivity index (χ0n) is 8.41. The van der Waals surface area contributed by atoms with Gasteiger partial charge in [0.15, 0.2) is 0 Å². The summed E-state index contributed by atoms with van der Waals surface area (Å²) < 4.78 is 8.64. The predicted octanol–water partition coefficient (Wildman–Crippen LogP) is 0.978. The Labute approximate surface area is 83.0 Å². The molecule has 0 unspecified atom stereocenters. The molecule has 0 aliphatic rings. The van der Waals surface area contributed by atoms with Gasteiger partial charge >= 0.3 is 12.2 Å². The van der Waals surface area contributed by atoms with Gasteiger partial charge in [-0.05, 0) is 20.0 Å². The number of hydrogen-bond acceptors (Lipinski definition) is 4. The first kappa shape index (κ1) is 14.8. The zero-order chi connectivity index (χ0) is 11.4. The van der Waals surface area contributed by atoms with E-state index in [0.717, 1.165) is 0 Å². The van der Waals surface area contributed by atoms with Crippen molar-refractivity contribution in [2.45, 2.75) is 13.8 Å². The molecule has 14 heavy (non-hydrogen) atoms. The molecule has 0 aliphatic carbocycles. The highest BCUT2D eigenvalue weighted by molar-refractivity contribution is 5.68. The molecule has 0 saturated heterocycles. The first-order chi connectivity index (χ1) is 6.58. The first-order valence-electron chi connectivity index (χ1n) is 4.04. The number of primary amides is 1. The van der Waals surface area contributed by atoms with Crippen LogP contribution in [-0.4, -0.2) is 25.4 Å². The van der Waals surface area contributed by atoms with Crippen LogP contribution >= 0.6 is 0 Å². The van der Waals surface area contributed by atoms with E-state index in [1.165, 1.54) is 6.20 Å². The van der Waals surface area contributed by atoms with Crippen LogP contribution in [0.25, 0.3) is 0 Å². The Hall–Kier alpha value is -1.72. The normalized spacial score (nSPS) is 7.57. The topological polar surface area (TPSA) is 90.7 Å². The van der Waals surface area contributed by atoms with Gasteiger partial charge in [0, 0.05) is 0 Å². The van der Waals surface area contributed by atoms with Crippen molar-refractivity contribution >= 4 is 12.2 Å². The fraction of sp³-hybridized carbons (Fsp3) is 0.500. The molecule has 0 atom stereocenters. The molecule has 0 spiro atoms. The molecule has 6 heteroatoms. The van der Waals surface area contributed by atoms with Crippen molar-refractivity contribution in [1.82, 2.24) is 5.32 Å². The van der Waals surface area contributed by atoms with Crippen LogP contribution in [0, 0.1) is 0 Å². The molecule has 2 amide bonds. The molecule has 0 heterocycles. The summed E-state index contributed by atoms with van der Waals surface area (Å²) in [6, 6.07) is 0. The van der Waals surface area contributed by atoms with Crippen molar-refractivity contribution in [3.63, 3.8) is 0 Å². The summed E-state index contributed by atoms with van der Waals surface area (Å²) in [7, 11) is 0. The SMILES string of the molecule is C=CNC(=O)OCC.CCOC(N)=O. The standard InChI is InChI=1S/C5H9NO2.C3H7NO2/c1-3-6-5(7)8-4-2;1-2-6-3(4)5/h3H,1,4H2,2H3,(H,6,7);2H2,1H3,(H2,4,5). The van der Waals surface area contributed by atoms with E-state index in [1.807, 2.05) is 0 Å². The lowest BCUT2D eigenvalue weighted by Gasteiger charge is -1.96. The third kappa shape index (κ3) is 16.7. The van der Waals surface area contributed by atoms with Crippen molar-refractivity contribution in [1.29, 1.82) is 0 Å². The van der Waals surface area contributed by atoms with Gasteiger partial charge in [-0.2, -0.15) is 0 Å². The van der Waals surface area contributed by atoms with Gasteiger partial charge in [-0.3, -0.25) is 5.32 Å².